The lowest BCUT2D eigenvalue weighted by Crippen LogP contribution is -2.40. The highest BCUT2D eigenvalue weighted by atomic mass is 32.1. The Labute approximate surface area is 141 Å². The molecule has 2 heterocycles. The molecule has 0 bridgehead atoms. The molecule has 4 rings (SSSR count). The van der Waals surface area contributed by atoms with Crippen LogP contribution in [-0.2, 0) is 4.79 Å². The average molecular weight is 326 g/mol. The fourth-order valence-corrected chi connectivity index (χ4v) is 4.64. The second kappa shape index (κ2) is 6.08. The number of nitrogens with zero attached hydrogens (tertiary/aromatic N) is 2. The predicted octanol–water partition coefficient (Wildman–Crippen LogP) is 3.96. The SMILES string of the molecule is Cc1csc([C@@H]2CCCN(C(=O)[C@@H]3C[C@@H]3c3ccccc3)C2)n1. The van der Waals surface area contributed by atoms with E-state index in [-0.39, 0.29) is 5.92 Å². The number of thiazole rings is 1. The first kappa shape index (κ1) is 14.9. The summed E-state index contributed by atoms with van der Waals surface area (Å²) in [5.74, 6) is 1.43. The van der Waals surface area contributed by atoms with Crippen molar-refractivity contribution in [1.29, 1.82) is 0 Å². The standard InChI is InChI=1S/C19H22N2OS/c1-13-12-23-18(20-13)15-8-5-9-21(11-15)19(22)17-10-16(17)14-6-3-2-4-7-14/h2-4,6-7,12,15-17H,5,8-11H2,1H3/t15-,16-,17-/m1/s1. The Morgan fingerprint density at radius 3 is 2.87 bits per heavy atom. The van der Waals surface area contributed by atoms with Gasteiger partial charge in [0.2, 0.25) is 5.91 Å². The number of benzene rings is 1. The smallest absolute Gasteiger partial charge is 0.226 e. The number of aryl methyl sites for hydroxylation is 1. The van der Waals surface area contributed by atoms with Gasteiger partial charge in [0.25, 0.3) is 0 Å². The van der Waals surface area contributed by atoms with Crippen molar-refractivity contribution >= 4 is 17.2 Å². The van der Waals surface area contributed by atoms with Gasteiger partial charge >= 0.3 is 0 Å². The molecule has 23 heavy (non-hydrogen) atoms. The van der Waals surface area contributed by atoms with Crippen LogP contribution in [0.4, 0.5) is 0 Å². The van der Waals surface area contributed by atoms with Crippen LogP contribution in [0.3, 0.4) is 0 Å². The van der Waals surface area contributed by atoms with Gasteiger partial charge in [0.15, 0.2) is 0 Å². The molecule has 1 amide bonds. The number of carbonyl (C=O) groups is 1. The maximum atomic E-state index is 12.8. The van der Waals surface area contributed by atoms with Crippen LogP contribution < -0.4 is 0 Å². The van der Waals surface area contributed by atoms with Crippen LogP contribution >= 0.6 is 11.3 Å². The van der Waals surface area contributed by atoms with E-state index in [0.29, 0.717) is 17.7 Å². The van der Waals surface area contributed by atoms with Crippen molar-refractivity contribution in [3.63, 3.8) is 0 Å². The van der Waals surface area contributed by atoms with Gasteiger partial charge in [0, 0.05) is 36.0 Å². The first-order chi connectivity index (χ1) is 11.2. The number of piperidine rings is 1. The zero-order chi connectivity index (χ0) is 15.8. The molecule has 1 aromatic heterocycles. The van der Waals surface area contributed by atoms with Gasteiger partial charge in [-0.2, -0.15) is 0 Å². The van der Waals surface area contributed by atoms with E-state index in [4.69, 9.17) is 0 Å². The lowest BCUT2D eigenvalue weighted by molar-refractivity contribution is -0.133. The summed E-state index contributed by atoms with van der Waals surface area (Å²) in [6.45, 7) is 3.81. The van der Waals surface area contributed by atoms with E-state index in [0.717, 1.165) is 38.0 Å². The van der Waals surface area contributed by atoms with Gasteiger partial charge in [0.1, 0.15) is 0 Å². The van der Waals surface area contributed by atoms with Crippen molar-refractivity contribution in [2.75, 3.05) is 13.1 Å². The van der Waals surface area contributed by atoms with Crippen LogP contribution in [0, 0.1) is 12.8 Å². The summed E-state index contributed by atoms with van der Waals surface area (Å²) in [5.41, 5.74) is 2.41. The monoisotopic (exact) mass is 326 g/mol. The summed E-state index contributed by atoms with van der Waals surface area (Å²) >= 11 is 1.74. The molecule has 0 N–H and O–H groups in total. The molecule has 0 radical (unpaired) electrons. The van der Waals surface area contributed by atoms with E-state index in [1.807, 2.05) is 13.0 Å². The van der Waals surface area contributed by atoms with Gasteiger partial charge < -0.3 is 4.90 Å². The molecule has 1 aromatic carbocycles. The number of rotatable bonds is 3. The number of likely N-dealkylation sites (tertiary alicyclic amines) is 1. The number of hydrogen-bond acceptors (Lipinski definition) is 3. The molecule has 2 aliphatic rings. The molecule has 2 aromatic rings. The maximum Gasteiger partial charge on any atom is 0.226 e. The lowest BCUT2D eigenvalue weighted by atomic mass is 9.98. The van der Waals surface area contributed by atoms with Crippen molar-refractivity contribution in [3.8, 4) is 0 Å². The van der Waals surface area contributed by atoms with Crippen molar-refractivity contribution in [2.45, 2.75) is 38.0 Å². The molecule has 4 heteroatoms. The summed E-state index contributed by atoms with van der Waals surface area (Å²) in [6.07, 6.45) is 3.27. The molecule has 120 valence electrons. The molecule has 1 saturated heterocycles. The molecule has 3 atom stereocenters. The van der Waals surface area contributed by atoms with Gasteiger partial charge in [-0.1, -0.05) is 30.3 Å². The number of hydrogen-bond donors (Lipinski definition) is 0. The maximum absolute atomic E-state index is 12.8. The zero-order valence-electron chi connectivity index (χ0n) is 13.4. The Hall–Kier alpha value is -1.68. The summed E-state index contributed by atoms with van der Waals surface area (Å²) in [4.78, 5) is 19.6. The molecule has 1 aliphatic heterocycles. The minimum absolute atomic E-state index is 0.203. The van der Waals surface area contributed by atoms with Gasteiger partial charge in [-0.25, -0.2) is 4.98 Å². The third kappa shape index (κ3) is 3.05. The van der Waals surface area contributed by atoms with Gasteiger partial charge in [-0.05, 0) is 37.7 Å². The fraction of sp³-hybridized carbons (Fsp3) is 0.474. The van der Waals surface area contributed by atoms with Gasteiger partial charge in [0.05, 0.1) is 5.01 Å². The van der Waals surface area contributed by atoms with E-state index in [9.17, 15) is 4.79 Å². The van der Waals surface area contributed by atoms with Crippen LogP contribution in [0.15, 0.2) is 35.7 Å². The van der Waals surface area contributed by atoms with Crippen LogP contribution in [0.25, 0.3) is 0 Å². The van der Waals surface area contributed by atoms with Crippen molar-refractivity contribution in [2.24, 2.45) is 5.92 Å². The van der Waals surface area contributed by atoms with Crippen molar-refractivity contribution in [1.82, 2.24) is 9.88 Å². The number of amides is 1. The fourth-order valence-electron chi connectivity index (χ4n) is 3.71. The second-order valence-electron chi connectivity index (χ2n) is 6.81. The molecular weight excluding hydrogens is 304 g/mol. The van der Waals surface area contributed by atoms with E-state index >= 15 is 0 Å². The zero-order valence-corrected chi connectivity index (χ0v) is 14.3. The minimum Gasteiger partial charge on any atom is -0.342 e. The van der Waals surface area contributed by atoms with Crippen molar-refractivity contribution in [3.05, 3.63) is 52.0 Å². The van der Waals surface area contributed by atoms with Crippen LogP contribution in [-0.4, -0.2) is 28.9 Å². The topological polar surface area (TPSA) is 33.2 Å². The van der Waals surface area contributed by atoms with E-state index in [2.05, 4.69) is 39.5 Å². The third-order valence-corrected chi connectivity index (χ3v) is 6.18. The molecule has 3 nitrogen and oxygen atoms in total. The highest BCUT2D eigenvalue weighted by molar-refractivity contribution is 7.09. The molecule has 1 aliphatic carbocycles. The van der Waals surface area contributed by atoms with Crippen LogP contribution in [0.5, 0.6) is 0 Å². The van der Waals surface area contributed by atoms with Crippen LogP contribution in [0.1, 0.15) is 47.4 Å². The van der Waals surface area contributed by atoms with Crippen LogP contribution in [0.2, 0.25) is 0 Å². The highest BCUT2D eigenvalue weighted by Crippen LogP contribution is 2.48. The molecule has 1 saturated carbocycles. The molecule has 0 spiro atoms. The molecular formula is C19H22N2OS. The first-order valence-corrected chi connectivity index (χ1v) is 9.36. The Bertz CT molecular complexity index is 696. The highest BCUT2D eigenvalue weighted by Gasteiger charge is 2.46. The quantitative estimate of drug-likeness (QED) is 0.855. The molecule has 2 fully saturated rings. The molecule has 0 unspecified atom stereocenters. The van der Waals surface area contributed by atoms with Gasteiger partial charge in [-0.15, -0.1) is 11.3 Å². The summed E-state index contributed by atoms with van der Waals surface area (Å²) in [6, 6.07) is 10.5. The minimum atomic E-state index is 0.203. The summed E-state index contributed by atoms with van der Waals surface area (Å²) in [7, 11) is 0. The second-order valence-corrected chi connectivity index (χ2v) is 7.70. The normalized spacial score (nSPS) is 27.0. The Balaban J connectivity index is 1.41. The Morgan fingerprint density at radius 1 is 1.30 bits per heavy atom. The van der Waals surface area contributed by atoms with E-state index in [1.165, 1.54) is 10.6 Å². The number of carbonyl (C=O) groups excluding carboxylic acids is 1. The van der Waals surface area contributed by atoms with Gasteiger partial charge in [-0.3, -0.25) is 4.79 Å². The summed E-state index contributed by atoms with van der Waals surface area (Å²) < 4.78 is 0. The Morgan fingerprint density at radius 2 is 2.13 bits per heavy atom. The third-order valence-electron chi connectivity index (χ3n) is 5.05. The Kier molecular flexibility index (Phi) is 3.93. The first-order valence-electron chi connectivity index (χ1n) is 8.48. The van der Waals surface area contributed by atoms with E-state index < -0.39 is 0 Å². The predicted molar refractivity (Wildman–Crippen MR) is 92.7 cm³/mol. The summed E-state index contributed by atoms with van der Waals surface area (Å²) in [5, 5.41) is 3.32. The lowest BCUT2D eigenvalue weighted by Gasteiger charge is -2.32. The number of aromatic nitrogens is 1. The average Bonchev–Trinajstić information content (AvgIpc) is 3.29. The van der Waals surface area contributed by atoms with Crippen molar-refractivity contribution < 1.29 is 4.79 Å². The van der Waals surface area contributed by atoms with E-state index in [1.54, 1.807) is 11.3 Å². The largest absolute Gasteiger partial charge is 0.342 e.